The zero-order valence-electron chi connectivity index (χ0n) is 6.19. The number of rotatable bonds is 5. The molecule has 0 aromatic heterocycles. The van der Waals surface area contributed by atoms with Gasteiger partial charge in [0.2, 0.25) is 0 Å². The number of hydrogen-bond acceptors (Lipinski definition) is 1. The van der Waals surface area contributed by atoms with Crippen molar-refractivity contribution in [2.45, 2.75) is 19.8 Å². The zero-order valence-corrected chi connectivity index (χ0v) is 8.59. The van der Waals surface area contributed by atoms with E-state index in [2.05, 4.69) is 29.1 Å². The Balaban J connectivity index is 2.95. The van der Waals surface area contributed by atoms with E-state index < -0.39 is 0 Å². The van der Waals surface area contributed by atoms with E-state index in [1.54, 1.807) is 0 Å². The summed E-state index contributed by atoms with van der Waals surface area (Å²) in [5.74, 6) is 2.21. The Labute approximate surface area is 70.9 Å². The monoisotopic (exact) mass is 210 g/mol. The quantitative estimate of drug-likeness (QED) is 0.629. The molecule has 0 spiro atoms. The maximum Gasteiger partial charge on any atom is 0.00338 e. The van der Waals surface area contributed by atoms with Crippen molar-refractivity contribution in [3.63, 3.8) is 0 Å². The average Bonchev–Trinajstić information content (AvgIpc) is 1.85. The Bertz CT molecular complexity index is 56.9. The van der Waals surface area contributed by atoms with Gasteiger partial charge in [0.1, 0.15) is 0 Å². The van der Waals surface area contributed by atoms with Crippen LogP contribution in [0, 0.1) is 5.92 Å². The summed E-state index contributed by atoms with van der Waals surface area (Å²) in [6, 6.07) is 0. The second kappa shape index (κ2) is 6.94. The van der Waals surface area contributed by atoms with Gasteiger partial charge in [0.15, 0.2) is 0 Å². The first kappa shape index (κ1) is 9.83. The standard InChI is InChI=1S/C7H15BrS/c1-7(3-5-8)4-6-9-2/h7H,3-6H2,1-2H3. The van der Waals surface area contributed by atoms with Crippen molar-refractivity contribution in [1.29, 1.82) is 0 Å². The molecule has 0 nitrogen and oxygen atoms in total. The first-order chi connectivity index (χ1) is 4.31. The number of hydrogen-bond donors (Lipinski definition) is 0. The van der Waals surface area contributed by atoms with E-state index in [0.717, 1.165) is 11.2 Å². The predicted molar refractivity (Wildman–Crippen MR) is 50.6 cm³/mol. The largest absolute Gasteiger partial charge is 0.165 e. The normalized spacial score (nSPS) is 13.7. The first-order valence-corrected chi connectivity index (χ1v) is 5.87. The molecule has 0 N–H and O–H groups in total. The molecular formula is C7H15BrS. The van der Waals surface area contributed by atoms with E-state index in [9.17, 15) is 0 Å². The first-order valence-electron chi connectivity index (χ1n) is 3.36. The molecule has 0 aromatic carbocycles. The lowest BCUT2D eigenvalue weighted by atomic mass is 10.1. The lowest BCUT2D eigenvalue weighted by Gasteiger charge is -2.06. The molecule has 56 valence electrons. The van der Waals surface area contributed by atoms with Gasteiger partial charge in [-0.3, -0.25) is 0 Å². The molecule has 2 heteroatoms. The van der Waals surface area contributed by atoms with Crippen LogP contribution in [0.25, 0.3) is 0 Å². The molecular weight excluding hydrogens is 196 g/mol. The Hall–Kier alpha value is 0.830. The lowest BCUT2D eigenvalue weighted by molar-refractivity contribution is 0.555. The summed E-state index contributed by atoms with van der Waals surface area (Å²) in [5, 5.41) is 1.16. The minimum absolute atomic E-state index is 0.900. The summed E-state index contributed by atoms with van der Waals surface area (Å²) < 4.78 is 0. The highest BCUT2D eigenvalue weighted by molar-refractivity contribution is 9.09. The van der Waals surface area contributed by atoms with Crippen molar-refractivity contribution in [3.05, 3.63) is 0 Å². The summed E-state index contributed by atoms with van der Waals surface area (Å²) in [6.45, 7) is 2.32. The van der Waals surface area contributed by atoms with Gasteiger partial charge in [-0.05, 0) is 30.8 Å². The summed E-state index contributed by atoms with van der Waals surface area (Å²) >= 11 is 5.38. The van der Waals surface area contributed by atoms with Crippen LogP contribution in [0.1, 0.15) is 19.8 Å². The molecule has 0 aliphatic rings. The zero-order chi connectivity index (χ0) is 7.11. The average molecular weight is 211 g/mol. The molecule has 0 fully saturated rings. The molecule has 0 amide bonds. The van der Waals surface area contributed by atoms with Crippen LogP contribution in [0.15, 0.2) is 0 Å². The fourth-order valence-corrected chi connectivity index (χ4v) is 2.07. The van der Waals surface area contributed by atoms with Crippen LogP contribution in [0.2, 0.25) is 0 Å². The van der Waals surface area contributed by atoms with E-state index >= 15 is 0 Å². The fourth-order valence-electron chi connectivity index (χ4n) is 0.650. The van der Waals surface area contributed by atoms with Crippen molar-refractivity contribution >= 4 is 27.7 Å². The maximum atomic E-state index is 3.44. The van der Waals surface area contributed by atoms with Gasteiger partial charge in [-0.25, -0.2) is 0 Å². The second-order valence-electron chi connectivity index (χ2n) is 2.36. The van der Waals surface area contributed by atoms with E-state index in [-0.39, 0.29) is 0 Å². The van der Waals surface area contributed by atoms with Crippen LogP contribution < -0.4 is 0 Å². The Morgan fingerprint density at radius 2 is 2.11 bits per heavy atom. The van der Waals surface area contributed by atoms with Gasteiger partial charge in [0.25, 0.3) is 0 Å². The minimum atomic E-state index is 0.900. The molecule has 0 aliphatic carbocycles. The number of alkyl halides is 1. The molecule has 0 aliphatic heterocycles. The second-order valence-corrected chi connectivity index (χ2v) is 4.14. The molecule has 0 bridgehead atoms. The molecule has 1 atom stereocenters. The number of halogens is 1. The Morgan fingerprint density at radius 1 is 1.44 bits per heavy atom. The van der Waals surface area contributed by atoms with E-state index in [1.807, 2.05) is 11.8 Å². The summed E-state index contributed by atoms with van der Waals surface area (Å²) in [7, 11) is 0. The molecule has 0 saturated heterocycles. The highest BCUT2D eigenvalue weighted by atomic mass is 79.9. The van der Waals surface area contributed by atoms with Crippen molar-refractivity contribution in [2.24, 2.45) is 5.92 Å². The molecule has 0 radical (unpaired) electrons. The SMILES string of the molecule is CSCCC(C)CCBr. The molecule has 1 unspecified atom stereocenters. The van der Waals surface area contributed by atoms with Crippen molar-refractivity contribution in [1.82, 2.24) is 0 Å². The molecule has 9 heavy (non-hydrogen) atoms. The van der Waals surface area contributed by atoms with Gasteiger partial charge in [0, 0.05) is 5.33 Å². The minimum Gasteiger partial charge on any atom is -0.165 e. The Kier molecular flexibility index (Phi) is 7.58. The highest BCUT2D eigenvalue weighted by Gasteiger charge is 1.98. The van der Waals surface area contributed by atoms with Crippen molar-refractivity contribution in [3.8, 4) is 0 Å². The van der Waals surface area contributed by atoms with E-state index in [1.165, 1.54) is 18.6 Å². The van der Waals surface area contributed by atoms with Gasteiger partial charge in [-0.2, -0.15) is 11.8 Å². The maximum absolute atomic E-state index is 3.44. The summed E-state index contributed by atoms with van der Waals surface area (Å²) in [5.41, 5.74) is 0. The molecule has 0 heterocycles. The highest BCUT2D eigenvalue weighted by Crippen LogP contribution is 2.11. The van der Waals surface area contributed by atoms with Crippen LogP contribution >= 0.6 is 27.7 Å². The number of thioether (sulfide) groups is 1. The summed E-state index contributed by atoms with van der Waals surface area (Å²) in [6.07, 6.45) is 4.86. The summed E-state index contributed by atoms with van der Waals surface area (Å²) in [4.78, 5) is 0. The smallest absolute Gasteiger partial charge is 0.00338 e. The Morgan fingerprint density at radius 3 is 2.56 bits per heavy atom. The third kappa shape index (κ3) is 6.72. The van der Waals surface area contributed by atoms with E-state index in [0.29, 0.717) is 0 Å². The van der Waals surface area contributed by atoms with Crippen LogP contribution in [-0.4, -0.2) is 17.3 Å². The van der Waals surface area contributed by atoms with Gasteiger partial charge in [-0.15, -0.1) is 0 Å². The van der Waals surface area contributed by atoms with Gasteiger partial charge in [-0.1, -0.05) is 22.9 Å². The van der Waals surface area contributed by atoms with Crippen LogP contribution in [0.4, 0.5) is 0 Å². The van der Waals surface area contributed by atoms with Crippen LogP contribution in [0.3, 0.4) is 0 Å². The van der Waals surface area contributed by atoms with Crippen molar-refractivity contribution < 1.29 is 0 Å². The molecule has 0 rings (SSSR count). The van der Waals surface area contributed by atoms with E-state index in [4.69, 9.17) is 0 Å². The van der Waals surface area contributed by atoms with Crippen LogP contribution in [0.5, 0.6) is 0 Å². The van der Waals surface area contributed by atoms with Crippen molar-refractivity contribution in [2.75, 3.05) is 17.3 Å². The third-order valence-electron chi connectivity index (χ3n) is 1.42. The topological polar surface area (TPSA) is 0 Å². The van der Waals surface area contributed by atoms with Crippen LogP contribution in [-0.2, 0) is 0 Å². The molecule has 0 saturated carbocycles. The molecule has 0 aromatic rings. The third-order valence-corrected chi connectivity index (χ3v) is 2.52. The lowest BCUT2D eigenvalue weighted by Crippen LogP contribution is -1.96. The van der Waals surface area contributed by atoms with Gasteiger partial charge >= 0.3 is 0 Å². The predicted octanol–water partition coefficient (Wildman–Crippen LogP) is 3.16. The van der Waals surface area contributed by atoms with Gasteiger partial charge < -0.3 is 0 Å². The van der Waals surface area contributed by atoms with Gasteiger partial charge in [0.05, 0.1) is 0 Å². The fraction of sp³-hybridized carbons (Fsp3) is 1.00.